The van der Waals surface area contributed by atoms with Gasteiger partial charge in [-0.25, -0.2) is 18.7 Å². The smallest absolute Gasteiger partial charge is 0.272 e. The number of nitrogens with one attached hydrogen (secondary N) is 1. The van der Waals surface area contributed by atoms with Crippen LogP contribution in [-0.4, -0.2) is 47.0 Å². The van der Waals surface area contributed by atoms with Gasteiger partial charge in [-0.2, -0.15) is 0 Å². The van der Waals surface area contributed by atoms with Crippen LogP contribution in [-0.2, 0) is 0 Å². The van der Waals surface area contributed by atoms with Gasteiger partial charge in [0.1, 0.15) is 17.3 Å². The van der Waals surface area contributed by atoms with Gasteiger partial charge >= 0.3 is 0 Å². The lowest BCUT2D eigenvalue weighted by Gasteiger charge is -2.36. The van der Waals surface area contributed by atoms with Gasteiger partial charge in [0.05, 0.1) is 5.69 Å². The number of benzene rings is 2. The summed E-state index contributed by atoms with van der Waals surface area (Å²) in [5.74, 6) is -0.652. The topological polar surface area (TPSA) is 61.4 Å². The molecule has 1 aromatic heterocycles. The van der Waals surface area contributed by atoms with Crippen LogP contribution in [0.4, 0.5) is 26.1 Å². The number of nitrogens with zero attached hydrogens (tertiary/aromatic N) is 4. The number of para-hydroxylation sites is 1. The van der Waals surface area contributed by atoms with Crippen molar-refractivity contribution in [2.75, 3.05) is 36.4 Å². The van der Waals surface area contributed by atoms with E-state index in [4.69, 9.17) is 0 Å². The third-order valence-corrected chi connectivity index (χ3v) is 4.72. The van der Waals surface area contributed by atoms with E-state index in [-0.39, 0.29) is 29.2 Å². The molecule has 8 heteroatoms. The first-order chi connectivity index (χ1) is 14.1. The summed E-state index contributed by atoms with van der Waals surface area (Å²) in [7, 11) is 0. The average molecular weight is 395 g/mol. The monoisotopic (exact) mass is 395 g/mol. The molecule has 4 rings (SSSR count). The molecule has 0 aliphatic carbocycles. The quantitative estimate of drug-likeness (QED) is 0.733. The number of hydrogen-bond acceptors (Lipinski definition) is 5. The van der Waals surface area contributed by atoms with Gasteiger partial charge in [-0.3, -0.25) is 4.79 Å². The van der Waals surface area contributed by atoms with E-state index < -0.39 is 0 Å². The molecule has 0 unspecified atom stereocenters. The maximum absolute atomic E-state index is 14.0. The molecule has 6 nitrogen and oxygen atoms in total. The highest BCUT2D eigenvalue weighted by Crippen LogP contribution is 2.21. The van der Waals surface area contributed by atoms with Crippen molar-refractivity contribution in [1.82, 2.24) is 14.9 Å². The molecule has 2 heterocycles. The summed E-state index contributed by atoms with van der Waals surface area (Å²) in [5.41, 5.74) is 1.29. The second-order valence-electron chi connectivity index (χ2n) is 6.63. The Kier molecular flexibility index (Phi) is 5.33. The summed E-state index contributed by atoms with van der Waals surface area (Å²) in [6, 6.07) is 14.1. The number of halogens is 2. The van der Waals surface area contributed by atoms with Crippen LogP contribution in [0.1, 0.15) is 10.5 Å². The lowest BCUT2D eigenvalue weighted by atomic mass is 10.2. The molecule has 0 spiro atoms. The van der Waals surface area contributed by atoms with Crippen molar-refractivity contribution in [2.45, 2.75) is 0 Å². The molecule has 1 saturated heterocycles. The van der Waals surface area contributed by atoms with E-state index in [1.807, 2.05) is 4.90 Å². The van der Waals surface area contributed by atoms with Gasteiger partial charge in [0.25, 0.3) is 5.91 Å². The standard InChI is InChI=1S/C21H19F2N5O/c22-15-4-3-5-16(14-15)25-21-24-9-8-18(26-21)20(29)28-12-10-27(11-13-28)19-7-2-1-6-17(19)23/h1-9,14H,10-13H2,(H,24,25,26). The Morgan fingerprint density at radius 3 is 2.52 bits per heavy atom. The zero-order valence-electron chi connectivity index (χ0n) is 15.6. The second kappa shape index (κ2) is 8.22. The zero-order valence-corrected chi connectivity index (χ0v) is 15.6. The van der Waals surface area contributed by atoms with Crippen LogP contribution >= 0.6 is 0 Å². The lowest BCUT2D eigenvalue weighted by molar-refractivity contribution is 0.0740. The van der Waals surface area contributed by atoms with Crippen molar-refractivity contribution in [2.24, 2.45) is 0 Å². The molecule has 2 aromatic carbocycles. The van der Waals surface area contributed by atoms with E-state index in [0.717, 1.165) is 0 Å². The normalized spacial score (nSPS) is 14.0. The van der Waals surface area contributed by atoms with Crippen LogP contribution < -0.4 is 10.2 Å². The Morgan fingerprint density at radius 1 is 0.966 bits per heavy atom. The van der Waals surface area contributed by atoms with E-state index in [1.54, 1.807) is 41.3 Å². The summed E-state index contributed by atoms with van der Waals surface area (Å²) in [4.78, 5) is 24.8. The number of piperazine rings is 1. The van der Waals surface area contributed by atoms with Crippen LogP contribution in [0, 0.1) is 11.6 Å². The number of amides is 1. The number of hydrogen-bond donors (Lipinski definition) is 1. The largest absolute Gasteiger partial charge is 0.366 e. The predicted octanol–water partition coefficient (Wildman–Crippen LogP) is 3.46. The second-order valence-corrected chi connectivity index (χ2v) is 6.63. The van der Waals surface area contributed by atoms with Crippen LogP contribution in [0.15, 0.2) is 60.8 Å². The maximum atomic E-state index is 14.0. The molecular weight excluding hydrogens is 376 g/mol. The minimum Gasteiger partial charge on any atom is -0.366 e. The van der Waals surface area contributed by atoms with Crippen molar-refractivity contribution in [1.29, 1.82) is 0 Å². The summed E-state index contributed by atoms with van der Waals surface area (Å²) in [5, 5.41) is 2.89. The molecule has 3 aromatic rings. The molecule has 0 bridgehead atoms. The van der Waals surface area contributed by atoms with Crippen LogP contribution in [0.3, 0.4) is 0 Å². The van der Waals surface area contributed by atoms with Gasteiger partial charge in [0.15, 0.2) is 0 Å². The van der Waals surface area contributed by atoms with Crippen LogP contribution in [0.2, 0.25) is 0 Å². The van der Waals surface area contributed by atoms with Crippen LogP contribution in [0.5, 0.6) is 0 Å². The van der Waals surface area contributed by atoms with Crippen molar-refractivity contribution < 1.29 is 13.6 Å². The molecule has 1 N–H and O–H groups in total. The van der Waals surface area contributed by atoms with Crippen molar-refractivity contribution in [3.8, 4) is 0 Å². The molecule has 1 amide bonds. The fourth-order valence-electron chi connectivity index (χ4n) is 3.25. The van der Waals surface area contributed by atoms with Crippen molar-refractivity contribution in [3.05, 3.63) is 78.1 Å². The number of carbonyl (C=O) groups is 1. The van der Waals surface area contributed by atoms with Gasteiger partial charge in [-0.15, -0.1) is 0 Å². The Balaban J connectivity index is 1.42. The molecule has 0 atom stereocenters. The fraction of sp³-hybridized carbons (Fsp3) is 0.190. The van der Waals surface area contributed by atoms with E-state index in [2.05, 4.69) is 15.3 Å². The predicted molar refractivity (Wildman–Crippen MR) is 106 cm³/mol. The number of carbonyl (C=O) groups excluding carboxylic acids is 1. The first kappa shape index (κ1) is 18.8. The molecule has 148 valence electrons. The third kappa shape index (κ3) is 4.31. The molecule has 1 fully saturated rings. The van der Waals surface area contributed by atoms with Gasteiger partial charge in [-0.05, 0) is 36.4 Å². The molecule has 1 aliphatic rings. The lowest BCUT2D eigenvalue weighted by Crippen LogP contribution is -2.49. The summed E-state index contributed by atoms with van der Waals surface area (Å²) >= 11 is 0. The highest BCUT2D eigenvalue weighted by atomic mass is 19.1. The van der Waals surface area contributed by atoms with Gasteiger partial charge < -0.3 is 15.1 Å². The minimum atomic E-state index is -0.380. The van der Waals surface area contributed by atoms with Crippen molar-refractivity contribution >= 4 is 23.2 Å². The fourth-order valence-corrected chi connectivity index (χ4v) is 3.25. The molecule has 29 heavy (non-hydrogen) atoms. The molecule has 0 saturated carbocycles. The zero-order chi connectivity index (χ0) is 20.2. The minimum absolute atomic E-state index is 0.214. The summed E-state index contributed by atoms with van der Waals surface area (Å²) in [6.07, 6.45) is 1.48. The Bertz CT molecular complexity index is 1020. The van der Waals surface area contributed by atoms with E-state index in [1.165, 1.54) is 24.4 Å². The Hall–Kier alpha value is -3.55. The average Bonchev–Trinajstić information content (AvgIpc) is 2.74. The SMILES string of the molecule is O=C(c1ccnc(Nc2cccc(F)c2)n1)N1CCN(c2ccccc2F)CC1. The maximum Gasteiger partial charge on any atom is 0.272 e. The van der Waals surface area contributed by atoms with E-state index >= 15 is 0 Å². The van der Waals surface area contributed by atoms with Gasteiger partial charge in [0.2, 0.25) is 5.95 Å². The van der Waals surface area contributed by atoms with Crippen molar-refractivity contribution in [3.63, 3.8) is 0 Å². The highest BCUT2D eigenvalue weighted by Gasteiger charge is 2.24. The van der Waals surface area contributed by atoms with Gasteiger partial charge in [0, 0.05) is 38.1 Å². The van der Waals surface area contributed by atoms with E-state index in [0.29, 0.717) is 37.6 Å². The molecule has 0 radical (unpaired) electrons. The van der Waals surface area contributed by atoms with Gasteiger partial charge in [-0.1, -0.05) is 18.2 Å². The Morgan fingerprint density at radius 2 is 1.76 bits per heavy atom. The first-order valence-corrected chi connectivity index (χ1v) is 9.24. The molecular formula is C21H19F2N5O. The highest BCUT2D eigenvalue weighted by molar-refractivity contribution is 5.92. The first-order valence-electron chi connectivity index (χ1n) is 9.24. The number of aromatic nitrogens is 2. The summed E-state index contributed by atoms with van der Waals surface area (Å²) in [6.45, 7) is 1.99. The van der Waals surface area contributed by atoms with E-state index in [9.17, 15) is 13.6 Å². The summed E-state index contributed by atoms with van der Waals surface area (Å²) < 4.78 is 27.3. The molecule has 1 aliphatic heterocycles. The number of rotatable bonds is 4. The Labute approximate surface area is 166 Å². The van der Waals surface area contributed by atoms with Crippen LogP contribution in [0.25, 0.3) is 0 Å². The number of anilines is 3. The third-order valence-electron chi connectivity index (χ3n) is 4.72.